The third-order valence-electron chi connectivity index (χ3n) is 2.13. The molecule has 1 aliphatic heterocycles. The molecule has 2 nitrogen and oxygen atoms in total. The molecule has 1 aromatic carbocycles. The van der Waals surface area contributed by atoms with Crippen LogP contribution in [0.2, 0.25) is 0 Å². The van der Waals surface area contributed by atoms with Gasteiger partial charge in [0, 0.05) is 10.8 Å². The Morgan fingerprint density at radius 1 is 1.15 bits per heavy atom. The van der Waals surface area contributed by atoms with E-state index in [1.54, 1.807) is 11.3 Å². The summed E-state index contributed by atoms with van der Waals surface area (Å²) in [6.45, 7) is 1.28. The lowest BCUT2D eigenvalue weighted by molar-refractivity contribution is 0.234. The summed E-state index contributed by atoms with van der Waals surface area (Å²) >= 11 is 1.64. The van der Waals surface area contributed by atoms with E-state index >= 15 is 0 Å². The summed E-state index contributed by atoms with van der Waals surface area (Å²) in [6.07, 6.45) is 0. The van der Waals surface area contributed by atoms with Gasteiger partial charge in [-0.3, -0.25) is 0 Å². The standard InChI is InChI=1S/C10H8O2S/c1-2-7-6-13-10-9(7)8(3-1)11-4-5-12-10/h1-3,6H,4-5H2. The van der Waals surface area contributed by atoms with Crippen molar-refractivity contribution in [1.82, 2.24) is 0 Å². The average molecular weight is 192 g/mol. The molecule has 0 radical (unpaired) electrons. The zero-order valence-electron chi connectivity index (χ0n) is 6.95. The van der Waals surface area contributed by atoms with Gasteiger partial charge in [0.1, 0.15) is 19.0 Å². The van der Waals surface area contributed by atoms with Gasteiger partial charge >= 0.3 is 0 Å². The Morgan fingerprint density at radius 2 is 2.08 bits per heavy atom. The number of ether oxygens (including phenoxy) is 2. The van der Waals surface area contributed by atoms with Crippen LogP contribution in [0, 0.1) is 0 Å². The molecule has 0 saturated heterocycles. The topological polar surface area (TPSA) is 18.5 Å². The average Bonchev–Trinajstić information content (AvgIpc) is 2.44. The van der Waals surface area contributed by atoms with Crippen molar-refractivity contribution in [3.05, 3.63) is 23.6 Å². The van der Waals surface area contributed by atoms with Crippen molar-refractivity contribution >= 4 is 22.1 Å². The van der Waals surface area contributed by atoms with E-state index < -0.39 is 0 Å². The smallest absolute Gasteiger partial charge is 0.185 e. The second-order valence-electron chi connectivity index (χ2n) is 2.94. The molecular formula is C10H8O2S. The minimum absolute atomic E-state index is 0.639. The minimum atomic E-state index is 0.639. The maximum atomic E-state index is 5.56. The minimum Gasteiger partial charge on any atom is -0.489 e. The first-order chi connectivity index (χ1) is 6.45. The van der Waals surface area contributed by atoms with Crippen LogP contribution in [-0.4, -0.2) is 13.2 Å². The normalized spacial score (nSPS) is 14.8. The van der Waals surface area contributed by atoms with Gasteiger partial charge < -0.3 is 9.47 Å². The van der Waals surface area contributed by atoms with E-state index in [-0.39, 0.29) is 0 Å². The number of rotatable bonds is 0. The summed E-state index contributed by atoms with van der Waals surface area (Å²) in [5.74, 6) is 0.950. The highest BCUT2D eigenvalue weighted by molar-refractivity contribution is 7.13. The molecule has 3 heteroatoms. The second kappa shape index (κ2) is 2.64. The van der Waals surface area contributed by atoms with E-state index in [1.165, 1.54) is 5.39 Å². The van der Waals surface area contributed by atoms with Gasteiger partial charge in [-0.2, -0.15) is 0 Å². The first-order valence-electron chi connectivity index (χ1n) is 4.21. The molecule has 1 aromatic heterocycles. The van der Waals surface area contributed by atoms with Gasteiger partial charge in [-0.1, -0.05) is 12.1 Å². The van der Waals surface area contributed by atoms with Crippen molar-refractivity contribution in [1.29, 1.82) is 0 Å². The van der Waals surface area contributed by atoms with Crippen LogP contribution >= 0.6 is 11.3 Å². The Kier molecular flexibility index (Phi) is 1.46. The molecule has 0 unspecified atom stereocenters. The van der Waals surface area contributed by atoms with Crippen LogP contribution in [0.4, 0.5) is 0 Å². The van der Waals surface area contributed by atoms with Crippen LogP contribution in [-0.2, 0) is 0 Å². The third-order valence-corrected chi connectivity index (χ3v) is 3.04. The molecule has 13 heavy (non-hydrogen) atoms. The Hall–Kier alpha value is -1.22. The summed E-state index contributed by atoms with van der Waals surface area (Å²) < 4.78 is 11.1. The van der Waals surface area contributed by atoms with Crippen LogP contribution in [0.3, 0.4) is 0 Å². The summed E-state index contributed by atoms with van der Waals surface area (Å²) in [7, 11) is 0. The number of benzene rings is 1. The van der Waals surface area contributed by atoms with Crippen molar-refractivity contribution in [2.75, 3.05) is 13.2 Å². The summed E-state index contributed by atoms with van der Waals surface area (Å²) in [5.41, 5.74) is 0. The predicted molar refractivity (Wildman–Crippen MR) is 52.8 cm³/mol. The lowest BCUT2D eigenvalue weighted by Crippen LogP contribution is -2.05. The molecule has 0 spiro atoms. The largest absolute Gasteiger partial charge is 0.489 e. The lowest BCUT2D eigenvalue weighted by Gasteiger charge is -2.01. The first-order valence-corrected chi connectivity index (χ1v) is 5.09. The Bertz CT molecular complexity index is 447. The van der Waals surface area contributed by atoms with E-state index in [0.717, 1.165) is 16.2 Å². The third kappa shape index (κ3) is 1.00. The van der Waals surface area contributed by atoms with Crippen molar-refractivity contribution in [2.24, 2.45) is 0 Å². The zero-order valence-corrected chi connectivity index (χ0v) is 7.76. The van der Waals surface area contributed by atoms with Crippen LogP contribution < -0.4 is 9.47 Å². The molecule has 3 rings (SSSR count). The zero-order chi connectivity index (χ0) is 8.67. The first kappa shape index (κ1) is 7.21. The maximum Gasteiger partial charge on any atom is 0.185 e. The lowest BCUT2D eigenvalue weighted by atomic mass is 10.2. The maximum absolute atomic E-state index is 5.56. The fourth-order valence-corrected chi connectivity index (χ4v) is 2.47. The van der Waals surface area contributed by atoms with Gasteiger partial charge in [-0.15, -0.1) is 11.3 Å². The Balaban J connectivity index is 2.40. The van der Waals surface area contributed by atoms with Crippen molar-refractivity contribution < 1.29 is 9.47 Å². The Labute approximate surface area is 79.7 Å². The highest BCUT2D eigenvalue weighted by Gasteiger charge is 2.13. The van der Waals surface area contributed by atoms with Crippen LogP contribution in [0.1, 0.15) is 0 Å². The molecule has 1 aliphatic rings. The molecule has 0 amide bonds. The highest BCUT2D eigenvalue weighted by Crippen LogP contribution is 2.40. The quantitative estimate of drug-likeness (QED) is 0.639. The molecule has 0 bridgehead atoms. The SMILES string of the molecule is c1cc2c3c(scc3c1)OCCO2. The van der Waals surface area contributed by atoms with Crippen LogP contribution in [0.15, 0.2) is 23.6 Å². The molecule has 0 atom stereocenters. The highest BCUT2D eigenvalue weighted by atomic mass is 32.1. The molecule has 2 heterocycles. The molecule has 0 fully saturated rings. The summed E-state index contributed by atoms with van der Waals surface area (Å²) in [5, 5.41) is 5.43. The molecule has 0 aliphatic carbocycles. The van der Waals surface area contributed by atoms with E-state index in [2.05, 4.69) is 11.4 Å². The fraction of sp³-hybridized carbons (Fsp3) is 0.200. The molecule has 0 N–H and O–H groups in total. The van der Waals surface area contributed by atoms with Crippen molar-refractivity contribution in [2.45, 2.75) is 0 Å². The predicted octanol–water partition coefficient (Wildman–Crippen LogP) is 2.67. The van der Waals surface area contributed by atoms with Gasteiger partial charge in [0.05, 0.1) is 5.39 Å². The summed E-state index contributed by atoms with van der Waals surface area (Å²) in [4.78, 5) is 0. The van der Waals surface area contributed by atoms with Gasteiger partial charge in [-0.25, -0.2) is 0 Å². The second-order valence-corrected chi connectivity index (χ2v) is 3.78. The van der Waals surface area contributed by atoms with E-state index in [0.29, 0.717) is 13.2 Å². The van der Waals surface area contributed by atoms with Crippen molar-refractivity contribution in [3.8, 4) is 10.8 Å². The van der Waals surface area contributed by atoms with Crippen LogP contribution in [0.25, 0.3) is 10.8 Å². The van der Waals surface area contributed by atoms with Gasteiger partial charge in [0.2, 0.25) is 0 Å². The monoisotopic (exact) mass is 192 g/mol. The molecule has 2 aromatic rings. The van der Waals surface area contributed by atoms with Gasteiger partial charge in [0.15, 0.2) is 5.06 Å². The number of hydrogen-bond donors (Lipinski definition) is 0. The molecule has 66 valence electrons. The van der Waals surface area contributed by atoms with Crippen LogP contribution in [0.5, 0.6) is 10.8 Å². The van der Waals surface area contributed by atoms with E-state index in [1.807, 2.05) is 12.1 Å². The molecular weight excluding hydrogens is 184 g/mol. The van der Waals surface area contributed by atoms with E-state index in [4.69, 9.17) is 9.47 Å². The fourth-order valence-electron chi connectivity index (χ4n) is 1.55. The summed E-state index contributed by atoms with van der Waals surface area (Å²) in [6, 6.07) is 6.09. The van der Waals surface area contributed by atoms with Crippen molar-refractivity contribution in [3.63, 3.8) is 0 Å². The van der Waals surface area contributed by atoms with E-state index in [9.17, 15) is 0 Å². The van der Waals surface area contributed by atoms with Gasteiger partial charge in [0.25, 0.3) is 0 Å². The number of hydrogen-bond acceptors (Lipinski definition) is 3. The van der Waals surface area contributed by atoms with Gasteiger partial charge in [-0.05, 0) is 6.07 Å². The number of thiophene rings is 1. The Morgan fingerprint density at radius 3 is 3.08 bits per heavy atom. The molecule has 0 saturated carbocycles.